The monoisotopic (exact) mass is 306 g/mol. The average Bonchev–Trinajstić information content (AvgIpc) is 2.88. The molecule has 0 fully saturated rings. The quantitative estimate of drug-likeness (QED) is 0.931. The molecule has 2 heterocycles. The summed E-state index contributed by atoms with van der Waals surface area (Å²) in [5.74, 6) is 0. The van der Waals surface area contributed by atoms with Crippen molar-refractivity contribution < 1.29 is 8.42 Å². The Hall–Kier alpha value is -0.960. The van der Waals surface area contributed by atoms with Crippen molar-refractivity contribution in [1.82, 2.24) is 19.5 Å². The minimum Gasteiger partial charge on any atom is -0.285 e. The molecular weight excluding hydrogens is 296 g/mol. The first-order chi connectivity index (χ1) is 8.41. The van der Waals surface area contributed by atoms with Gasteiger partial charge in [0.15, 0.2) is 8.68 Å². The first kappa shape index (κ1) is 13.5. The minimum absolute atomic E-state index is 0.179. The van der Waals surface area contributed by atoms with Gasteiger partial charge >= 0.3 is 0 Å². The number of nitrogens with one attached hydrogen (secondary N) is 1. The number of halogens is 1. The van der Waals surface area contributed by atoms with Gasteiger partial charge in [-0.15, -0.1) is 0 Å². The molecule has 0 bridgehead atoms. The van der Waals surface area contributed by atoms with Crippen LogP contribution in [0.3, 0.4) is 0 Å². The number of rotatable bonds is 4. The number of sulfonamides is 1. The molecule has 0 radical (unpaired) electrons. The van der Waals surface area contributed by atoms with Crippen LogP contribution in [-0.2, 0) is 16.6 Å². The number of aromatic amines is 1. The molecule has 0 aliphatic carbocycles. The molecule has 0 atom stereocenters. The van der Waals surface area contributed by atoms with E-state index < -0.39 is 10.0 Å². The van der Waals surface area contributed by atoms with E-state index in [1.807, 2.05) is 0 Å². The Balaban J connectivity index is 2.28. The van der Waals surface area contributed by atoms with Gasteiger partial charge in [-0.3, -0.25) is 5.10 Å². The van der Waals surface area contributed by atoms with Gasteiger partial charge in [0, 0.05) is 25.4 Å². The molecule has 0 unspecified atom stereocenters. The predicted octanol–water partition coefficient (Wildman–Crippen LogP) is 1.65. The van der Waals surface area contributed by atoms with Crippen LogP contribution in [0.15, 0.2) is 16.6 Å². The largest absolute Gasteiger partial charge is 0.285 e. The predicted molar refractivity (Wildman–Crippen MR) is 69.1 cm³/mol. The van der Waals surface area contributed by atoms with E-state index in [0.29, 0.717) is 5.69 Å². The van der Waals surface area contributed by atoms with Gasteiger partial charge in [-0.2, -0.15) is 9.40 Å². The molecule has 9 heteroatoms. The fourth-order valence-electron chi connectivity index (χ4n) is 1.44. The second-order valence-electron chi connectivity index (χ2n) is 3.71. The molecule has 0 saturated heterocycles. The molecule has 0 spiro atoms. The highest BCUT2D eigenvalue weighted by Crippen LogP contribution is 2.29. The van der Waals surface area contributed by atoms with Crippen molar-refractivity contribution in [3.63, 3.8) is 0 Å². The summed E-state index contributed by atoms with van der Waals surface area (Å²) in [6, 6.07) is 0. The van der Waals surface area contributed by atoms with Crippen LogP contribution in [0.25, 0.3) is 0 Å². The highest BCUT2D eigenvalue weighted by Gasteiger charge is 2.26. The number of hydrogen-bond acceptors (Lipinski definition) is 5. The molecule has 0 aromatic carbocycles. The third kappa shape index (κ3) is 2.56. The van der Waals surface area contributed by atoms with Crippen molar-refractivity contribution in [2.75, 3.05) is 7.05 Å². The van der Waals surface area contributed by atoms with E-state index in [1.54, 1.807) is 19.3 Å². The van der Waals surface area contributed by atoms with E-state index in [4.69, 9.17) is 11.6 Å². The Kier molecular flexibility index (Phi) is 3.71. The molecule has 2 aromatic rings. The van der Waals surface area contributed by atoms with Gasteiger partial charge in [-0.05, 0) is 6.92 Å². The van der Waals surface area contributed by atoms with Crippen LogP contribution in [0.2, 0.25) is 4.47 Å². The fraction of sp³-hybridized carbons (Fsp3) is 0.333. The number of nitrogens with zero attached hydrogens (tertiary/aromatic N) is 3. The van der Waals surface area contributed by atoms with Gasteiger partial charge in [0.2, 0.25) is 0 Å². The topological polar surface area (TPSA) is 79.0 Å². The van der Waals surface area contributed by atoms with Crippen molar-refractivity contribution in [1.29, 1.82) is 0 Å². The summed E-state index contributed by atoms with van der Waals surface area (Å²) in [6.45, 7) is 1.87. The highest BCUT2D eigenvalue weighted by atomic mass is 35.5. The van der Waals surface area contributed by atoms with Crippen LogP contribution >= 0.6 is 22.9 Å². The lowest BCUT2D eigenvalue weighted by Crippen LogP contribution is -2.26. The Bertz CT molecular complexity index is 636. The SMILES string of the molecule is Cc1nc(Cl)sc1S(=O)(=O)N(C)Cc1cn[nH]c1. The molecule has 0 amide bonds. The summed E-state index contributed by atoms with van der Waals surface area (Å²) in [6.07, 6.45) is 3.23. The molecule has 2 aromatic heterocycles. The molecule has 6 nitrogen and oxygen atoms in total. The molecule has 0 saturated carbocycles. The minimum atomic E-state index is -3.56. The smallest absolute Gasteiger partial charge is 0.254 e. The zero-order valence-corrected chi connectivity index (χ0v) is 12.1. The lowest BCUT2D eigenvalue weighted by atomic mass is 10.4. The van der Waals surface area contributed by atoms with Crippen molar-refractivity contribution in [3.05, 3.63) is 28.1 Å². The van der Waals surface area contributed by atoms with Crippen LogP contribution in [0.4, 0.5) is 0 Å². The first-order valence-corrected chi connectivity index (χ1v) is 7.61. The highest BCUT2D eigenvalue weighted by molar-refractivity contribution is 7.91. The molecule has 2 rings (SSSR count). The summed E-state index contributed by atoms with van der Waals surface area (Å²) in [5, 5.41) is 6.41. The van der Waals surface area contributed by atoms with Crippen LogP contribution in [0, 0.1) is 6.92 Å². The van der Waals surface area contributed by atoms with E-state index in [1.165, 1.54) is 11.4 Å². The maximum Gasteiger partial charge on any atom is 0.254 e. The Morgan fingerprint density at radius 3 is 2.78 bits per heavy atom. The lowest BCUT2D eigenvalue weighted by molar-refractivity contribution is 0.468. The number of hydrogen-bond donors (Lipinski definition) is 1. The fourth-order valence-corrected chi connectivity index (χ4v) is 4.52. The number of aromatic nitrogens is 3. The van der Waals surface area contributed by atoms with Crippen molar-refractivity contribution >= 4 is 33.0 Å². The summed E-state index contributed by atoms with van der Waals surface area (Å²) in [7, 11) is -2.05. The second-order valence-corrected chi connectivity index (χ2v) is 7.53. The van der Waals surface area contributed by atoms with Crippen LogP contribution in [0.1, 0.15) is 11.3 Å². The third-order valence-corrected chi connectivity index (χ3v) is 5.98. The summed E-state index contributed by atoms with van der Waals surface area (Å²) in [5.41, 5.74) is 1.21. The van der Waals surface area contributed by atoms with Crippen LogP contribution in [-0.4, -0.2) is 35.0 Å². The summed E-state index contributed by atoms with van der Waals surface area (Å²) in [4.78, 5) is 3.92. The zero-order chi connectivity index (χ0) is 13.3. The van der Waals surface area contributed by atoms with E-state index in [0.717, 1.165) is 16.9 Å². The second kappa shape index (κ2) is 4.96. The van der Waals surface area contributed by atoms with Crippen molar-refractivity contribution in [2.24, 2.45) is 0 Å². The first-order valence-electron chi connectivity index (χ1n) is 4.98. The van der Waals surface area contributed by atoms with Gasteiger partial charge in [-0.25, -0.2) is 13.4 Å². The number of H-pyrrole nitrogens is 1. The van der Waals surface area contributed by atoms with Gasteiger partial charge in [0.25, 0.3) is 10.0 Å². The Labute approximate surface area is 114 Å². The molecule has 98 valence electrons. The molecule has 1 N–H and O–H groups in total. The maximum atomic E-state index is 12.3. The molecular formula is C9H11ClN4O2S2. The van der Waals surface area contributed by atoms with Gasteiger partial charge in [-0.1, -0.05) is 22.9 Å². The molecule has 0 aliphatic heterocycles. The summed E-state index contributed by atoms with van der Waals surface area (Å²) >= 11 is 6.69. The van der Waals surface area contributed by atoms with Crippen LogP contribution in [0.5, 0.6) is 0 Å². The van der Waals surface area contributed by atoms with Gasteiger partial charge < -0.3 is 0 Å². The standard InChI is InChI=1S/C9H11ClN4O2S2/c1-6-8(17-9(10)13-6)18(15,16)14(2)5-7-3-11-12-4-7/h3-4H,5H2,1-2H3,(H,11,12). The maximum absolute atomic E-state index is 12.3. The average molecular weight is 307 g/mol. The van der Waals surface area contributed by atoms with Gasteiger partial charge in [0.05, 0.1) is 11.9 Å². The molecule has 0 aliphatic rings. The van der Waals surface area contributed by atoms with Gasteiger partial charge in [0.1, 0.15) is 0 Å². The van der Waals surface area contributed by atoms with E-state index >= 15 is 0 Å². The van der Waals surface area contributed by atoms with E-state index in [9.17, 15) is 8.42 Å². The van der Waals surface area contributed by atoms with Crippen LogP contribution < -0.4 is 0 Å². The zero-order valence-electron chi connectivity index (χ0n) is 9.71. The van der Waals surface area contributed by atoms with Crippen molar-refractivity contribution in [3.8, 4) is 0 Å². The van der Waals surface area contributed by atoms with E-state index in [-0.39, 0.29) is 15.2 Å². The van der Waals surface area contributed by atoms with Crippen molar-refractivity contribution in [2.45, 2.75) is 17.7 Å². The molecule has 18 heavy (non-hydrogen) atoms. The summed E-state index contributed by atoms with van der Waals surface area (Å²) < 4.78 is 26.2. The lowest BCUT2D eigenvalue weighted by Gasteiger charge is -2.15. The third-order valence-electron chi connectivity index (χ3n) is 2.33. The Morgan fingerprint density at radius 2 is 2.28 bits per heavy atom. The number of thiazole rings is 1. The Morgan fingerprint density at radius 1 is 1.56 bits per heavy atom. The van der Waals surface area contributed by atoms with E-state index in [2.05, 4.69) is 15.2 Å². The normalized spacial score (nSPS) is 12.2. The number of aryl methyl sites for hydroxylation is 1.